The highest BCUT2D eigenvalue weighted by atomic mass is 32.1. The first-order valence-corrected chi connectivity index (χ1v) is 6.42. The van der Waals surface area contributed by atoms with Crippen molar-refractivity contribution in [3.05, 3.63) is 40.9 Å². The molecule has 0 amide bonds. The molecular weight excluding hydrogens is 254 g/mol. The van der Waals surface area contributed by atoms with Gasteiger partial charge in [0, 0.05) is 22.9 Å². The summed E-state index contributed by atoms with van der Waals surface area (Å²) in [5.41, 5.74) is 7.03. The van der Waals surface area contributed by atoms with Gasteiger partial charge in [-0.2, -0.15) is 0 Å². The molecule has 0 aliphatic heterocycles. The summed E-state index contributed by atoms with van der Waals surface area (Å²) in [6.07, 6.45) is 0.646. The van der Waals surface area contributed by atoms with Crippen LogP contribution in [0.2, 0.25) is 0 Å². The Balaban J connectivity index is 2.26. The topological polar surface area (TPSA) is 38.9 Å². The molecular formula is C13H14F2N2S. The lowest BCUT2D eigenvalue weighted by atomic mass is 10.0. The van der Waals surface area contributed by atoms with Crippen molar-refractivity contribution in [1.82, 2.24) is 4.98 Å². The van der Waals surface area contributed by atoms with E-state index >= 15 is 0 Å². The van der Waals surface area contributed by atoms with Gasteiger partial charge in [-0.3, -0.25) is 0 Å². The van der Waals surface area contributed by atoms with Gasteiger partial charge < -0.3 is 5.73 Å². The lowest BCUT2D eigenvalue weighted by Gasteiger charge is -2.16. The van der Waals surface area contributed by atoms with Crippen LogP contribution in [-0.4, -0.2) is 10.5 Å². The van der Waals surface area contributed by atoms with E-state index in [9.17, 15) is 8.78 Å². The maximum Gasteiger partial charge on any atom is 0.159 e. The first-order chi connectivity index (χ1) is 8.35. The van der Waals surface area contributed by atoms with E-state index in [1.165, 1.54) is 17.4 Å². The summed E-state index contributed by atoms with van der Waals surface area (Å²) in [6, 6.07) is 3.79. The van der Waals surface area contributed by atoms with Gasteiger partial charge in [-0.25, -0.2) is 13.8 Å². The van der Waals surface area contributed by atoms with E-state index in [0.29, 0.717) is 17.0 Å². The van der Waals surface area contributed by atoms with Crippen LogP contribution in [0.4, 0.5) is 8.78 Å². The second-order valence-corrected chi connectivity index (χ2v) is 5.80. The smallest absolute Gasteiger partial charge is 0.159 e. The van der Waals surface area contributed by atoms with E-state index < -0.39 is 11.6 Å². The number of thiazole rings is 1. The lowest BCUT2D eigenvalue weighted by molar-refractivity contribution is 0.509. The van der Waals surface area contributed by atoms with Crippen molar-refractivity contribution in [2.45, 2.75) is 25.8 Å². The van der Waals surface area contributed by atoms with E-state index in [-0.39, 0.29) is 5.54 Å². The molecule has 0 saturated heterocycles. The Morgan fingerprint density at radius 3 is 2.61 bits per heavy atom. The Hall–Kier alpha value is -1.33. The maximum absolute atomic E-state index is 13.1. The molecule has 96 valence electrons. The van der Waals surface area contributed by atoms with Gasteiger partial charge in [0.25, 0.3) is 0 Å². The van der Waals surface area contributed by atoms with Gasteiger partial charge >= 0.3 is 0 Å². The summed E-state index contributed by atoms with van der Waals surface area (Å²) >= 11 is 1.40. The van der Waals surface area contributed by atoms with Crippen molar-refractivity contribution in [3.8, 4) is 10.6 Å². The van der Waals surface area contributed by atoms with Crippen molar-refractivity contribution < 1.29 is 8.78 Å². The molecule has 0 aliphatic rings. The minimum atomic E-state index is -0.858. The Bertz CT molecular complexity index is 558. The van der Waals surface area contributed by atoms with E-state index in [1.54, 1.807) is 0 Å². The van der Waals surface area contributed by atoms with Crippen molar-refractivity contribution in [2.75, 3.05) is 0 Å². The third kappa shape index (κ3) is 3.11. The van der Waals surface area contributed by atoms with Crippen LogP contribution in [0.3, 0.4) is 0 Å². The molecule has 0 saturated carbocycles. The van der Waals surface area contributed by atoms with Crippen LogP contribution in [0, 0.1) is 11.6 Å². The number of halogens is 2. The standard InChI is InChI=1S/C13H14F2N2S/c1-13(2,16)6-9-7-18-12(17-9)8-3-4-10(14)11(15)5-8/h3-5,7H,6,16H2,1-2H3. The van der Waals surface area contributed by atoms with Gasteiger partial charge in [0.05, 0.1) is 5.69 Å². The van der Waals surface area contributed by atoms with Crippen LogP contribution >= 0.6 is 11.3 Å². The average Bonchev–Trinajstić information content (AvgIpc) is 2.68. The van der Waals surface area contributed by atoms with Gasteiger partial charge in [-0.05, 0) is 32.0 Å². The van der Waals surface area contributed by atoms with Crippen LogP contribution < -0.4 is 5.73 Å². The first-order valence-electron chi connectivity index (χ1n) is 5.54. The molecule has 0 fully saturated rings. The lowest BCUT2D eigenvalue weighted by Crippen LogP contribution is -2.34. The fourth-order valence-electron chi connectivity index (χ4n) is 1.62. The third-order valence-electron chi connectivity index (χ3n) is 2.36. The summed E-state index contributed by atoms with van der Waals surface area (Å²) in [5, 5.41) is 2.57. The van der Waals surface area contributed by atoms with E-state index in [4.69, 9.17) is 5.73 Å². The molecule has 2 N–H and O–H groups in total. The highest BCUT2D eigenvalue weighted by Gasteiger charge is 2.15. The summed E-state index contributed by atoms with van der Waals surface area (Å²) in [5.74, 6) is -1.71. The van der Waals surface area contributed by atoms with Crippen LogP contribution in [0.5, 0.6) is 0 Å². The molecule has 2 aromatic rings. The SMILES string of the molecule is CC(C)(N)Cc1csc(-c2ccc(F)c(F)c2)n1. The van der Waals surface area contributed by atoms with Crippen molar-refractivity contribution in [2.24, 2.45) is 5.73 Å². The highest BCUT2D eigenvalue weighted by Crippen LogP contribution is 2.26. The summed E-state index contributed by atoms with van der Waals surface area (Å²) < 4.78 is 26.0. The molecule has 2 nitrogen and oxygen atoms in total. The second kappa shape index (κ2) is 4.74. The number of nitrogens with two attached hydrogens (primary N) is 1. The van der Waals surface area contributed by atoms with Gasteiger partial charge in [0.15, 0.2) is 11.6 Å². The Labute approximate surface area is 108 Å². The summed E-state index contributed by atoms with van der Waals surface area (Å²) in [6.45, 7) is 3.84. The number of hydrogen-bond donors (Lipinski definition) is 1. The summed E-state index contributed by atoms with van der Waals surface area (Å²) in [4.78, 5) is 4.39. The zero-order chi connectivity index (χ0) is 13.3. The van der Waals surface area contributed by atoms with Crippen molar-refractivity contribution in [1.29, 1.82) is 0 Å². The van der Waals surface area contributed by atoms with Gasteiger partial charge in [-0.15, -0.1) is 11.3 Å². The molecule has 0 aliphatic carbocycles. The van der Waals surface area contributed by atoms with Crippen LogP contribution in [0.1, 0.15) is 19.5 Å². The third-order valence-corrected chi connectivity index (χ3v) is 3.30. The zero-order valence-corrected chi connectivity index (χ0v) is 11.0. The molecule has 2 rings (SSSR count). The Morgan fingerprint density at radius 2 is 2.00 bits per heavy atom. The normalized spacial score (nSPS) is 11.8. The van der Waals surface area contributed by atoms with E-state index in [2.05, 4.69) is 4.98 Å². The number of hydrogen-bond acceptors (Lipinski definition) is 3. The molecule has 18 heavy (non-hydrogen) atoms. The maximum atomic E-state index is 13.1. The second-order valence-electron chi connectivity index (χ2n) is 4.94. The van der Waals surface area contributed by atoms with Crippen molar-refractivity contribution >= 4 is 11.3 Å². The van der Waals surface area contributed by atoms with Crippen LogP contribution in [-0.2, 0) is 6.42 Å². The Kier molecular flexibility index (Phi) is 3.45. The van der Waals surface area contributed by atoms with Crippen LogP contribution in [0.25, 0.3) is 10.6 Å². The quantitative estimate of drug-likeness (QED) is 0.927. The molecule has 0 atom stereocenters. The van der Waals surface area contributed by atoms with Gasteiger partial charge in [-0.1, -0.05) is 0 Å². The molecule has 0 spiro atoms. The monoisotopic (exact) mass is 268 g/mol. The molecule has 5 heteroatoms. The fourth-order valence-corrected chi connectivity index (χ4v) is 2.43. The highest BCUT2D eigenvalue weighted by molar-refractivity contribution is 7.13. The number of benzene rings is 1. The predicted octanol–water partition coefficient (Wildman–Crippen LogP) is 3.37. The van der Waals surface area contributed by atoms with Gasteiger partial charge in [0.2, 0.25) is 0 Å². The van der Waals surface area contributed by atoms with Crippen molar-refractivity contribution in [3.63, 3.8) is 0 Å². The zero-order valence-electron chi connectivity index (χ0n) is 10.2. The predicted molar refractivity (Wildman–Crippen MR) is 69.4 cm³/mol. The number of rotatable bonds is 3. The fraction of sp³-hybridized carbons (Fsp3) is 0.308. The Morgan fingerprint density at radius 1 is 1.28 bits per heavy atom. The summed E-state index contributed by atoms with van der Waals surface area (Å²) in [7, 11) is 0. The molecule has 0 unspecified atom stereocenters. The molecule has 1 aromatic carbocycles. The number of nitrogens with zero attached hydrogens (tertiary/aromatic N) is 1. The van der Waals surface area contributed by atoms with Gasteiger partial charge in [0.1, 0.15) is 5.01 Å². The number of aromatic nitrogens is 1. The largest absolute Gasteiger partial charge is 0.325 e. The van der Waals surface area contributed by atoms with E-state index in [1.807, 2.05) is 19.2 Å². The molecule has 0 bridgehead atoms. The van der Waals surface area contributed by atoms with Crippen LogP contribution in [0.15, 0.2) is 23.6 Å². The molecule has 0 radical (unpaired) electrons. The minimum absolute atomic E-state index is 0.334. The minimum Gasteiger partial charge on any atom is -0.325 e. The van der Waals surface area contributed by atoms with E-state index in [0.717, 1.165) is 17.8 Å². The average molecular weight is 268 g/mol. The molecule has 1 heterocycles. The first kappa shape index (κ1) is 13.1. The molecule has 1 aromatic heterocycles.